The predicted octanol–water partition coefficient (Wildman–Crippen LogP) is 3.91. The van der Waals surface area contributed by atoms with Gasteiger partial charge < -0.3 is 19.9 Å². The third-order valence-corrected chi connectivity index (χ3v) is 6.98. The van der Waals surface area contributed by atoms with Crippen LogP contribution in [0, 0.1) is 6.92 Å². The molecule has 0 bridgehead atoms. The number of fused-ring (bicyclic) bond motifs is 1. The number of carbonyl (C=O) groups is 2. The second-order valence-corrected chi connectivity index (χ2v) is 9.73. The van der Waals surface area contributed by atoms with E-state index in [9.17, 15) is 14.7 Å². The van der Waals surface area contributed by atoms with Gasteiger partial charge in [-0.25, -0.2) is 4.68 Å². The zero-order chi connectivity index (χ0) is 28.1. The number of nitrogens with zero attached hydrogens (tertiary/aromatic N) is 4. The molecule has 2 N–H and O–H groups in total. The van der Waals surface area contributed by atoms with Gasteiger partial charge in [-0.05, 0) is 68.1 Å². The summed E-state index contributed by atoms with van der Waals surface area (Å²) in [7, 11) is 0. The van der Waals surface area contributed by atoms with E-state index >= 15 is 0 Å². The van der Waals surface area contributed by atoms with E-state index in [1.165, 1.54) is 15.6 Å². The first kappa shape index (κ1) is 27.1. The molecule has 5 rings (SSSR count). The summed E-state index contributed by atoms with van der Waals surface area (Å²) in [5.74, 6) is -0.541. The summed E-state index contributed by atoms with van der Waals surface area (Å²) >= 11 is 0. The Bertz CT molecular complexity index is 1500. The first-order valence-corrected chi connectivity index (χ1v) is 13.5. The highest BCUT2D eigenvalue weighted by Gasteiger charge is 2.35. The minimum atomic E-state index is -1.07. The number of amides is 2. The van der Waals surface area contributed by atoms with Crippen LogP contribution >= 0.6 is 0 Å². The van der Waals surface area contributed by atoms with Crippen molar-refractivity contribution in [1.29, 1.82) is 0 Å². The number of para-hydroxylation sites is 2. The number of carbonyl (C=O) groups excluding carboxylic acids is 2. The zero-order valence-electron chi connectivity index (χ0n) is 22.6. The van der Waals surface area contributed by atoms with Crippen molar-refractivity contribution in [2.75, 3.05) is 24.7 Å². The normalized spacial score (nSPS) is 15.6. The summed E-state index contributed by atoms with van der Waals surface area (Å²) in [6, 6.07) is 18.5. The summed E-state index contributed by atoms with van der Waals surface area (Å²) in [6.07, 6.45) is 1.73. The van der Waals surface area contributed by atoms with Crippen molar-refractivity contribution in [3.63, 3.8) is 0 Å². The molecule has 2 atom stereocenters. The van der Waals surface area contributed by atoms with Crippen LogP contribution in [0.4, 0.5) is 5.69 Å². The SMILES string of the molecule is CCOc1cc([C@H](C(=O)NC[C@H]2CCCO2)N(C(=O)Cn2nnc3ccccc32)c2ccccc2C)ccc1O. The number of aryl methyl sites for hydroxylation is 1. The smallest absolute Gasteiger partial charge is 0.249 e. The van der Waals surface area contributed by atoms with Crippen LogP contribution < -0.4 is 15.0 Å². The van der Waals surface area contributed by atoms with Gasteiger partial charge in [0.15, 0.2) is 11.5 Å². The minimum absolute atomic E-state index is 0.0491. The highest BCUT2D eigenvalue weighted by Crippen LogP contribution is 2.35. The van der Waals surface area contributed by atoms with E-state index in [1.54, 1.807) is 12.1 Å². The number of rotatable bonds is 10. The van der Waals surface area contributed by atoms with Crippen molar-refractivity contribution in [3.05, 3.63) is 77.9 Å². The highest BCUT2D eigenvalue weighted by atomic mass is 16.5. The molecular weight excluding hydrogens is 510 g/mol. The largest absolute Gasteiger partial charge is 0.504 e. The topological polar surface area (TPSA) is 119 Å². The maximum absolute atomic E-state index is 14.2. The van der Waals surface area contributed by atoms with Crippen molar-refractivity contribution in [2.45, 2.75) is 45.4 Å². The van der Waals surface area contributed by atoms with Crippen LogP contribution in [0.2, 0.25) is 0 Å². The third-order valence-electron chi connectivity index (χ3n) is 6.98. The molecule has 1 aliphatic rings. The van der Waals surface area contributed by atoms with Crippen LogP contribution in [-0.2, 0) is 20.9 Å². The molecule has 1 aromatic heterocycles. The van der Waals surface area contributed by atoms with Crippen LogP contribution in [0.15, 0.2) is 66.7 Å². The molecule has 0 unspecified atom stereocenters. The number of benzene rings is 3. The average Bonchev–Trinajstić information content (AvgIpc) is 3.63. The highest BCUT2D eigenvalue weighted by molar-refractivity contribution is 6.02. The maximum atomic E-state index is 14.2. The second-order valence-electron chi connectivity index (χ2n) is 9.73. The van der Waals surface area contributed by atoms with E-state index in [0.717, 1.165) is 18.4 Å². The summed E-state index contributed by atoms with van der Waals surface area (Å²) in [6.45, 7) is 4.88. The third kappa shape index (κ3) is 5.76. The van der Waals surface area contributed by atoms with Crippen molar-refractivity contribution in [2.24, 2.45) is 0 Å². The fraction of sp³-hybridized carbons (Fsp3) is 0.333. The molecule has 10 heteroatoms. The minimum Gasteiger partial charge on any atom is -0.504 e. The van der Waals surface area contributed by atoms with Crippen LogP contribution in [0.3, 0.4) is 0 Å². The van der Waals surface area contributed by atoms with Crippen molar-refractivity contribution < 1.29 is 24.2 Å². The number of nitrogens with one attached hydrogen (secondary N) is 1. The summed E-state index contributed by atoms with van der Waals surface area (Å²) in [5.41, 5.74) is 3.28. The molecule has 40 heavy (non-hydrogen) atoms. The lowest BCUT2D eigenvalue weighted by Crippen LogP contribution is -2.47. The van der Waals surface area contributed by atoms with Gasteiger partial charge in [-0.2, -0.15) is 0 Å². The monoisotopic (exact) mass is 543 g/mol. The van der Waals surface area contributed by atoms with E-state index in [0.29, 0.717) is 42.0 Å². The number of anilines is 1. The predicted molar refractivity (Wildman–Crippen MR) is 150 cm³/mol. The van der Waals surface area contributed by atoms with Crippen molar-refractivity contribution in [3.8, 4) is 11.5 Å². The quantitative estimate of drug-likeness (QED) is 0.311. The number of phenolic OH excluding ortho intramolecular Hbond substituents is 1. The van der Waals surface area contributed by atoms with Gasteiger partial charge in [0.1, 0.15) is 18.1 Å². The molecule has 0 aliphatic carbocycles. The van der Waals surface area contributed by atoms with Crippen LogP contribution in [0.5, 0.6) is 11.5 Å². The van der Waals surface area contributed by atoms with Gasteiger partial charge in [-0.15, -0.1) is 5.10 Å². The lowest BCUT2D eigenvalue weighted by Gasteiger charge is -2.33. The Morgan fingerprint density at radius 1 is 1.18 bits per heavy atom. The summed E-state index contributed by atoms with van der Waals surface area (Å²) < 4.78 is 12.9. The van der Waals surface area contributed by atoms with Gasteiger partial charge in [-0.3, -0.25) is 14.5 Å². The number of aromatic nitrogens is 3. The van der Waals surface area contributed by atoms with Gasteiger partial charge >= 0.3 is 0 Å². The summed E-state index contributed by atoms with van der Waals surface area (Å²) in [5, 5.41) is 21.8. The van der Waals surface area contributed by atoms with Gasteiger partial charge in [-0.1, -0.05) is 41.6 Å². The van der Waals surface area contributed by atoms with E-state index < -0.39 is 6.04 Å². The molecule has 4 aromatic rings. The van der Waals surface area contributed by atoms with E-state index in [2.05, 4.69) is 15.6 Å². The van der Waals surface area contributed by atoms with E-state index in [-0.39, 0.29) is 36.0 Å². The van der Waals surface area contributed by atoms with Gasteiger partial charge in [0.05, 0.1) is 18.2 Å². The van der Waals surface area contributed by atoms with Gasteiger partial charge in [0.2, 0.25) is 11.8 Å². The Morgan fingerprint density at radius 3 is 2.75 bits per heavy atom. The Hall–Kier alpha value is -4.44. The number of hydrogen-bond acceptors (Lipinski definition) is 7. The first-order valence-electron chi connectivity index (χ1n) is 13.5. The molecule has 0 radical (unpaired) electrons. The van der Waals surface area contributed by atoms with Crippen LogP contribution in [-0.4, -0.2) is 57.8 Å². The number of aromatic hydroxyl groups is 1. The molecule has 3 aromatic carbocycles. The van der Waals surface area contributed by atoms with E-state index in [4.69, 9.17) is 9.47 Å². The molecule has 1 aliphatic heterocycles. The first-order chi connectivity index (χ1) is 19.5. The molecule has 2 amide bonds. The standard InChI is InChI=1S/C30H33N5O5/c1-3-39-27-17-21(14-15-26(27)36)29(30(38)31-18-22-10-8-16-40-22)35(24-12-6-4-9-20(24)2)28(37)19-34-25-13-7-5-11-23(25)32-33-34/h4-7,9,11-15,17,22,29,36H,3,8,10,16,18-19H2,1-2H3,(H,31,38)/t22-,29-/m1/s1. The molecular formula is C30H33N5O5. The molecule has 1 fully saturated rings. The van der Waals surface area contributed by atoms with Crippen LogP contribution in [0.25, 0.3) is 11.0 Å². The molecule has 0 spiro atoms. The lowest BCUT2D eigenvalue weighted by molar-refractivity contribution is -0.127. The number of hydrogen-bond donors (Lipinski definition) is 2. The van der Waals surface area contributed by atoms with E-state index in [1.807, 2.05) is 62.4 Å². The fourth-order valence-electron chi connectivity index (χ4n) is 5.00. The van der Waals surface area contributed by atoms with Crippen molar-refractivity contribution in [1.82, 2.24) is 20.3 Å². The average molecular weight is 544 g/mol. The fourth-order valence-corrected chi connectivity index (χ4v) is 5.00. The molecule has 2 heterocycles. The second kappa shape index (κ2) is 12.2. The Balaban J connectivity index is 1.58. The Kier molecular flexibility index (Phi) is 8.26. The Morgan fingerprint density at radius 2 is 1.98 bits per heavy atom. The van der Waals surface area contributed by atoms with Crippen LogP contribution in [0.1, 0.15) is 36.9 Å². The summed E-state index contributed by atoms with van der Waals surface area (Å²) in [4.78, 5) is 29.7. The molecule has 1 saturated heterocycles. The maximum Gasteiger partial charge on any atom is 0.249 e. The van der Waals surface area contributed by atoms with Gasteiger partial charge in [0, 0.05) is 18.8 Å². The molecule has 10 nitrogen and oxygen atoms in total. The number of ether oxygens (including phenoxy) is 2. The lowest BCUT2D eigenvalue weighted by atomic mass is 10.0. The molecule has 0 saturated carbocycles. The number of phenols is 1. The van der Waals surface area contributed by atoms with Crippen molar-refractivity contribution >= 4 is 28.5 Å². The molecule has 208 valence electrons. The Labute approximate surface area is 232 Å². The zero-order valence-corrected chi connectivity index (χ0v) is 22.6. The van der Waals surface area contributed by atoms with Gasteiger partial charge in [0.25, 0.3) is 0 Å².